The van der Waals surface area contributed by atoms with Gasteiger partial charge in [-0.05, 0) is 0 Å². The molecule has 0 rings (SSSR count). The SMILES string of the molecule is C=CC(=O)OCCNC(C(=O)O)C(=O)O. The van der Waals surface area contributed by atoms with Crippen molar-refractivity contribution in [2.75, 3.05) is 13.2 Å². The third kappa shape index (κ3) is 5.42. The van der Waals surface area contributed by atoms with Crippen LogP contribution >= 0.6 is 0 Å². The van der Waals surface area contributed by atoms with Gasteiger partial charge in [0, 0.05) is 12.6 Å². The second kappa shape index (κ2) is 6.55. The largest absolute Gasteiger partial charge is 0.480 e. The molecule has 7 heteroatoms. The van der Waals surface area contributed by atoms with Crippen LogP contribution < -0.4 is 5.32 Å². The molecule has 0 aliphatic carbocycles. The summed E-state index contributed by atoms with van der Waals surface area (Å²) in [6, 6.07) is -1.70. The third-order valence-electron chi connectivity index (χ3n) is 1.36. The minimum absolute atomic E-state index is 0.0666. The number of carbonyl (C=O) groups is 3. The van der Waals surface area contributed by atoms with E-state index >= 15 is 0 Å². The van der Waals surface area contributed by atoms with Crippen LogP contribution in [0.3, 0.4) is 0 Å². The van der Waals surface area contributed by atoms with E-state index in [2.05, 4.69) is 16.6 Å². The average molecular weight is 217 g/mol. The van der Waals surface area contributed by atoms with E-state index in [1.54, 1.807) is 0 Å². The van der Waals surface area contributed by atoms with Gasteiger partial charge in [0.15, 0.2) is 0 Å². The van der Waals surface area contributed by atoms with Gasteiger partial charge in [-0.25, -0.2) is 14.4 Å². The Bertz CT molecular complexity index is 260. The fraction of sp³-hybridized carbons (Fsp3) is 0.375. The van der Waals surface area contributed by atoms with E-state index in [1.165, 1.54) is 0 Å². The van der Waals surface area contributed by atoms with Gasteiger partial charge in [0.25, 0.3) is 0 Å². The van der Waals surface area contributed by atoms with Crippen LogP contribution in [0.4, 0.5) is 0 Å². The molecule has 0 unspecified atom stereocenters. The molecule has 3 N–H and O–H groups in total. The van der Waals surface area contributed by atoms with Gasteiger partial charge in [0.1, 0.15) is 6.61 Å². The summed E-state index contributed by atoms with van der Waals surface area (Å²) >= 11 is 0. The van der Waals surface area contributed by atoms with Crippen molar-refractivity contribution in [3.63, 3.8) is 0 Å². The van der Waals surface area contributed by atoms with E-state index in [0.29, 0.717) is 0 Å². The smallest absolute Gasteiger partial charge is 0.332 e. The summed E-state index contributed by atoms with van der Waals surface area (Å²) < 4.78 is 4.50. The number of esters is 1. The zero-order valence-electron chi connectivity index (χ0n) is 7.80. The highest BCUT2D eigenvalue weighted by Gasteiger charge is 2.24. The molecule has 0 aromatic carbocycles. The molecule has 0 atom stereocenters. The summed E-state index contributed by atoms with van der Waals surface area (Å²) in [5.41, 5.74) is 0. The van der Waals surface area contributed by atoms with Gasteiger partial charge in [0.2, 0.25) is 6.04 Å². The van der Waals surface area contributed by atoms with Crippen LogP contribution in [-0.2, 0) is 19.1 Å². The quantitative estimate of drug-likeness (QED) is 0.213. The number of hydrogen-bond donors (Lipinski definition) is 3. The van der Waals surface area contributed by atoms with Crippen LogP contribution in [0.25, 0.3) is 0 Å². The van der Waals surface area contributed by atoms with Gasteiger partial charge in [-0.1, -0.05) is 6.58 Å². The van der Waals surface area contributed by atoms with Gasteiger partial charge in [0.05, 0.1) is 0 Å². The molecule has 0 aliphatic heterocycles. The number of ether oxygens (including phenoxy) is 1. The van der Waals surface area contributed by atoms with Gasteiger partial charge < -0.3 is 14.9 Å². The minimum Gasteiger partial charge on any atom is -0.480 e. The molecule has 0 fully saturated rings. The lowest BCUT2D eigenvalue weighted by Crippen LogP contribution is -2.44. The Morgan fingerprint density at radius 3 is 2.27 bits per heavy atom. The van der Waals surface area contributed by atoms with E-state index in [9.17, 15) is 14.4 Å². The summed E-state index contributed by atoms with van der Waals surface area (Å²) in [6.07, 6.45) is 0.950. The fourth-order valence-corrected chi connectivity index (χ4v) is 0.694. The van der Waals surface area contributed by atoms with Gasteiger partial charge in [-0.15, -0.1) is 0 Å². The molecule has 0 saturated heterocycles. The van der Waals surface area contributed by atoms with E-state index in [-0.39, 0.29) is 13.2 Å². The lowest BCUT2D eigenvalue weighted by molar-refractivity contribution is -0.151. The highest BCUT2D eigenvalue weighted by Crippen LogP contribution is 1.85. The predicted octanol–water partition coefficient (Wildman–Crippen LogP) is -1.16. The number of hydrogen-bond acceptors (Lipinski definition) is 5. The Morgan fingerprint density at radius 1 is 1.33 bits per heavy atom. The number of carbonyl (C=O) groups excluding carboxylic acids is 1. The molecular weight excluding hydrogens is 206 g/mol. The molecule has 0 amide bonds. The maximum absolute atomic E-state index is 10.5. The van der Waals surface area contributed by atoms with Crippen LogP contribution in [0.15, 0.2) is 12.7 Å². The van der Waals surface area contributed by atoms with Gasteiger partial charge >= 0.3 is 17.9 Å². The maximum atomic E-state index is 10.5. The number of carboxylic acid groups (broad SMARTS) is 2. The number of rotatable bonds is 7. The number of carboxylic acids is 2. The second-order valence-corrected chi connectivity index (χ2v) is 2.44. The molecular formula is C8H11NO6. The first-order valence-corrected chi connectivity index (χ1v) is 3.97. The molecule has 0 radical (unpaired) electrons. The predicted molar refractivity (Wildman–Crippen MR) is 48.2 cm³/mol. The Morgan fingerprint density at radius 2 is 1.87 bits per heavy atom. The highest BCUT2D eigenvalue weighted by atomic mass is 16.5. The fourth-order valence-electron chi connectivity index (χ4n) is 0.694. The minimum atomic E-state index is -1.70. The van der Waals surface area contributed by atoms with Crippen molar-refractivity contribution in [1.29, 1.82) is 0 Å². The highest BCUT2D eigenvalue weighted by molar-refractivity contribution is 5.97. The first-order chi connectivity index (χ1) is 6.99. The van der Waals surface area contributed by atoms with E-state index in [4.69, 9.17) is 10.2 Å². The van der Waals surface area contributed by atoms with Crippen molar-refractivity contribution in [2.24, 2.45) is 0 Å². The number of aliphatic carboxylic acids is 2. The van der Waals surface area contributed by atoms with Crippen molar-refractivity contribution >= 4 is 17.9 Å². The van der Waals surface area contributed by atoms with Crippen molar-refractivity contribution in [3.8, 4) is 0 Å². The molecule has 0 spiro atoms. The molecule has 0 aromatic heterocycles. The zero-order chi connectivity index (χ0) is 11.8. The Hall–Kier alpha value is -1.89. The Kier molecular flexibility index (Phi) is 5.72. The van der Waals surface area contributed by atoms with Crippen LogP contribution in [0.2, 0.25) is 0 Å². The monoisotopic (exact) mass is 217 g/mol. The first-order valence-electron chi connectivity index (χ1n) is 3.97. The van der Waals surface area contributed by atoms with Crippen molar-refractivity contribution < 1.29 is 29.3 Å². The third-order valence-corrected chi connectivity index (χ3v) is 1.36. The zero-order valence-corrected chi connectivity index (χ0v) is 7.80. The molecule has 0 saturated carbocycles. The van der Waals surface area contributed by atoms with E-state index in [0.717, 1.165) is 6.08 Å². The summed E-state index contributed by atoms with van der Waals surface area (Å²) in [6.45, 7) is 2.96. The molecule has 7 nitrogen and oxygen atoms in total. The normalized spacial score (nSPS) is 9.67. The van der Waals surface area contributed by atoms with E-state index < -0.39 is 23.9 Å². The van der Waals surface area contributed by atoms with Crippen molar-refractivity contribution in [2.45, 2.75) is 6.04 Å². The lowest BCUT2D eigenvalue weighted by atomic mass is 10.3. The lowest BCUT2D eigenvalue weighted by Gasteiger charge is -2.09. The Balaban J connectivity index is 3.82. The van der Waals surface area contributed by atoms with Crippen molar-refractivity contribution in [3.05, 3.63) is 12.7 Å². The molecule has 0 heterocycles. The average Bonchev–Trinajstić information content (AvgIpc) is 2.15. The Labute approximate surface area is 85.3 Å². The molecule has 15 heavy (non-hydrogen) atoms. The van der Waals surface area contributed by atoms with Gasteiger partial charge in [-0.2, -0.15) is 0 Å². The van der Waals surface area contributed by atoms with Crippen LogP contribution in [0.5, 0.6) is 0 Å². The molecule has 0 bridgehead atoms. The standard InChI is InChI=1S/C8H11NO6/c1-2-5(10)15-4-3-9-6(7(11)12)8(13)14/h2,6,9H,1,3-4H2,(H,11,12)(H,13,14). The molecule has 0 aliphatic rings. The number of nitrogens with one attached hydrogen (secondary N) is 1. The van der Waals surface area contributed by atoms with Crippen molar-refractivity contribution in [1.82, 2.24) is 5.32 Å². The summed E-state index contributed by atoms with van der Waals surface area (Å²) in [5.74, 6) is -3.66. The van der Waals surface area contributed by atoms with Crippen LogP contribution in [0.1, 0.15) is 0 Å². The van der Waals surface area contributed by atoms with E-state index in [1.807, 2.05) is 0 Å². The summed E-state index contributed by atoms with van der Waals surface area (Å²) in [5, 5.41) is 19.0. The van der Waals surface area contributed by atoms with Crippen LogP contribution in [0, 0.1) is 0 Å². The molecule has 0 aromatic rings. The van der Waals surface area contributed by atoms with Crippen LogP contribution in [-0.4, -0.2) is 47.3 Å². The second-order valence-electron chi connectivity index (χ2n) is 2.44. The summed E-state index contributed by atoms with van der Waals surface area (Å²) in [4.78, 5) is 31.2. The summed E-state index contributed by atoms with van der Waals surface area (Å²) in [7, 11) is 0. The topological polar surface area (TPSA) is 113 Å². The first kappa shape index (κ1) is 13.1. The molecule has 84 valence electrons. The maximum Gasteiger partial charge on any atom is 0.332 e. The van der Waals surface area contributed by atoms with Gasteiger partial charge in [-0.3, -0.25) is 5.32 Å².